The Morgan fingerprint density at radius 2 is 2.38 bits per heavy atom. The van der Waals surface area contributed by atoms with E-state index in [1.807, 2.05) is 6.92 Å². The average molecular weight is 112 g/mol. The van der Waals surface area contributed by atoms with Gasteiger partial charge in [0.05, 0.1) is 0 Å². The van der Waals surface area contributed by atoms with Crippen molar-refractivity contribution >= 4 is 0 Å². The molecule has 0 atom stereocenters. The smallest absolute Gasteiger partial charge is 0.266 e. The molecule has 0 aliphatic carbocycles. The molecule has 0 bridgehead atoms. The highest BCUT2D eigenvalue weighted by atomic mass is 16.1. The molecule has 0 fully saturated rings. The molecule has 1 heterocycles. The van der Waals surface area contributed by atoms with Crippen molar-refractivity contribution in [1.82, 2.24) is 9.78 Å². The van der Waals surface area contributed by atoms with Gasteiger partial charge in [0.1, 0.15) is 0 Å². The van der Waals surface area contributed by atoms with E-state index >= 15 is 0 Å². The topological polar surface area (TPSA) is 37.8 Å². The van der Waals surface area contributed by atoms with Crippen LogP contribution in [0.3, 0.4) is 0 Å². The van der Waals surface area contributed by atoms with E-state index in [-0.39, 0.29) is 5.56 Å². The van der Waals surface area contributed by atoms with Gasteiger partial charge in [-0.05, 0) is 6.92 Å². The Labute approximate surface area is 46.9 Å². The maximum absolute atomic E-state index is 10.6. The largest absolute Gasteiger partial charge is 0.300 e. The molecule has 0 radical (unpaired) electrons. The fourth-order valence-corrected chi connectivity index (χ4v) is 0.634. The summed E-state index contributed by atoms with van der Waals surface area (Å²) in [5, 5.41) is 2.81. The minimum Gasteiger partial charge on any atom is -0.300 e. The Balaban J connectivity index is 3.35. The number of hydrogen-bond acceptors (Lipinski definition) is 1. The predicted molar refractivity (Wildman–Crippen MR) is 30.8 cm³/mol. The second-order valence-corrected chi connectivity index (χ2v) is 1.84. The summed E-state index contributed by atoms with van der Waals surface area (Å²) in [6.07, 6.45) is 0. The van der Waals surface area contributed by atoms with E-state index in [9.17, 15) is 4.79 Å². The van der Waals surface area contributed by atoms with E-state index in [0.29, 0.717) is 0 Å². The number of hydrogen-bond donors (Lipinski definition) is 1. The van der Waals surface area contributed by atoms with Gasteiger partial charge in [-0.2, -0.15) is 0 Å². The normalized spacial score (nSPS) is 9.75. The van der Waals surface area contributed by atoms with Crippen molar-refractivity contribution in [2.24, 2.45) is 7.05 Å². The minimum atomic E-state index is 0.0162. The Kier molecular flexibility index (Phi) is 0.970. The third-order valence-electron chi connectivity index (χ3n) is 1.01. The second kappa shape index (κ2) is 1.51. The van der Waals surface area contributed by atoms with Crippen molar-refractivity contribution in [3.8, 4) is 0 Å². The van der Waals surface area contributed by atoms with Crippen LogP contribution in [-0.2, 0) is 7.05 Å². The van der Waals surface area contributed by atoms with Crippen LogP contribution in [-0.4, -0.2) is 9.78 Å². The lowest BCUT2D eigenvalue weighted by Crippen LogP contribution is -2.09. The molecule has 0 saturated carbocycles. The molecule has 3 heteroatoms. The zero-order valence-corrected chi connectivity index (χ0v) is 4.93. The molecule has 0 saturated heterocycles. The van der Waals surface area contributed by atoms with Crippen LogP contribution < -0.4 is 5.56 Å². The number of aryl methyl sites for hydroxylation is 2. The van der Waals surface area contributed by atoms with Crippen LogP contribution in [0.15, 0.2) is 10.9 Å². The molecule has 1 aromatic heterocycles. The summed E-state index contributed by atoms with van der Waals surface area (Å²) in [7, 11) is 1.69. The maximum Gasteiger partial charge on any atom is 0.266 e. The Morgan fingerprint density at radius 3 is 2.50 bits per heavy atom. The first-order valence-corrected chi connectivity index (χ1v) is 2.43. The van der Waals surface area contributed by atoms with E-state index in [1.54, 1.807) is 13.1 Å². The SMILES string of the molecule is Cc1cc(=O)n(C)[nH]1. The summed E-state index contributed by atoms with van der Waals surface area (Å²) in [5.74, 6) is 0. The first-order valence-electron chi connectivity index (χ1n) is 2.43. The number of aromatic nitrogens is 2. The van der Waals surface area contributed by atoms with E-state index in [2.05, 4.69) is 5.10 Å². The number of nitrogens with zero attached hydrogens (tertiary/aromatic N) is 1. The Bertz CT molecular complexity index is 233. The first-order chi connectivity index (χ1) is 3.70. The standard InChI is InChI=1S/C5H8N2O/c1-4-3-5(8)7(2)6-4/h3,6H,1-2H3. The van der Waals surface area contributed by atoms with Crippen LogP contribution in [0.1, 0.15) is 5.69 Å². The van der Waals surface area contributed by atoms with Gasteiger partial charge in [0.25, 0.3) is 5.56 Å². The third-order valence-corrected chi connectivity index (χ3v) is 1.01. The molecular weight excluding hydrogens is 104 g/mol. The lowest BCUT2D eigenvalue weighted by atomic mass is 10.5. The van der Waals surface area contributed by atoms with E-state index in [4.69, 9.17) is 0 Å². The van der Waals surface area contributed by atoms with Gasteiger partial charge < -0.3 is 5.10 Å². The van der Waals surface area contributed by atoms with Gasteiger partial charge in [0.2, 0.25) is 0 Å². The van der Waals surface area contributed by atoms with Crippen molar-refractivity contribution in [3.63, 3.8) is 0 Å². The summed E-state index contributed by atoms with van der Waals surface area (Å²) < 4.78 is 1.44. The Hall–Kier alpha value is -0.990. The van der Waals surface area contributed by atoms with Crippen molar-refractivity contribution in [3.05, 3.63) is 22.1 Å². The molecule has 0 spiro atoms. The van der Waals surface area contributed by atoms with Crippen molar-refractivity contribution < 1.29 is 0 Å². The molecule has 8 heavy (non-hydrogen) atoms. The van der Waals surface area contributed by atoms with Crippen LogP contribution >= 0.6 is 0 Å². The highest BCUT2D eigenvalue weighted by molar-refractivity contribution is 4.94. The first kappa shape index (κ1) is 5.15. The van der Waals surface area contributed by atoms with Gasteiger partial charge in [-0.25, -0.2) is 0 Å². The molecule has 0 amide bonds. The van der Waals surface area contributed by atoms with Gasteiger partial charge in [0.15, 0.2) is 0 Å². The molecule has 1 aromatic rings. The molecule has 3 nitrogen and oxygen atoms in total. The Morgan fingerprint density at radius 1 is 1.75 bits per heavy atom. The van der Waals surface area contributed by atoms with Gasteiger partial charge >= 0.3 is 0 Å². The van der Waals surface area contributed by atoms with E-state index in [0.717, 1.165) is 5.69 Å². The van der Waals surface area contributed by atoms with Crippen molar-refractivity contribution in [2.75, 3.05) is 0 Å². The van der Waals surface area contributed by atoms with Crippen LogP contribution in [0.2, 0.25) is 0 Å². The van der Waals surface area contributed by atoms with E-state index < -0.39 is 0 Å². The van der Waals surface area contributed by atoms with Gasteiger partial charge in [0, 0.05) is 18.8 Å². The van der Waals surface area contributed by atoms with Gasteiger partial charge in [-0.3, -0.25) is 9.48 Å². The summed E-state index contributed by atoms with van der Waals surface area (Å²) in [4.78, 5) is 10.6. The van der Waals surface area contributed by atoms with Crippen molar-refractivity contribution in [1.29, 1.82) is 0 Å². The summed E-state index contributed by atoms with van der Waals surface area (Å²) in [6.45, 7) is 1.85. The lowest BCUT2D eigenvalue weighted by Gasteiger charge is -1.83. The van der Waals surface area contributed by atoms with Crippen LogP contribution in [0.25, 0.3) is 0 Å². The third kappa shape index (κ3) is 0.665. The van der Waals surface area contributed by atoms with Crippen LogP contribution in [0.5, 0.6) is 0 Å². The van der Waals surface area contributed by atoms with E-state index in [1.165, 1.54) is 4.68 Å². The molecule has 0 aliphatic heterocycles. The second-order valence-electron chi connectivity index (χ2n) is 1.84. The molecule has 0 unspecified atom stereocenters. The highest BCUT2D eigenvalue weighted by Gasteiger charge is 1.89. The van der Waals surface area contributed by atoms with Gasteiger partial charge in [-0.1, -0.05) is 0 Å². The number of nitrogens with one attached hydrogen (secondary N) is 1. The zero-order valence-electron chi connectivity index (χ0n) is 4.93. The molecule has 1 rings (SSSR count). The quantitative estimate of drug-likeness (QED) is 0.505. The molecule has 44 valence electrons. The lowest BCUT2D eigenvalue weighted by molar-refractivity contribution is 0.731. The molecular formula is C5H8N2O. The average Bonchev–Trinajstić information content (AvgIpc) is 1.85. The highest BCUT2D eigenvalue weighted by Crippen LogP contribution is 1.80. The van der Waals surface area contributed by atoms with Crippen molar-refractivity contribution in [2.45, 2.75) is 6.92 Å². The summed E-state index contributed by atoms with van der Waals surface area (Å²) in [6, 6.07) is 1.56. The minimum absolute atomic E-state index is 0.0162. The zero-order chi connectivity index (χ0) is 6.15. The fraction of sp³-hybridized carbons (Fsp3) is 0.400. The molecule has 0 aromatic carbocycles. The van der Waals surface area contributed by atoms with Crippen LogP contribution in [0, 0.1) is 6.92 Å². The van der Waals surface area contributed by atoms with Gasteiger partial charge in [-0.15, -0.1) is 0 Å². The summed E-state index contributed by atoms with van der Waals surface area (Å²) in [5.41, 5.74) is 0.917. The predicted octanol–water partition coefficient (Wildman–Crippen LogP) is 0.0218. The molecule has 0 aliphatic rings. The number of rotatable bonds is 0. The fourth-order valence-electron chi connectivity index (χ4n) is 0.634. The summed E-state index contributed by atoms with van der Waals surface area (Å²) >= 11 is 0. The van der Waals surface area contributed by atoms with Crippen LogP contribution in [0.4, 0.5) is 0 Å². The number of aromatic amines is 1. The number of H-pyrrole nitrogens is 1. The molecule has 1 N–H and O–H groups in total. The maximum atomic E-state index is 10.6. The monoisotopic (exact) mass is 112 g/mol.